The molecule has 0 aliphatic rings. The molecule has 36 heavy (non-hydrogen) atoms. The van der Waals surface area contributed by atoms with Crippen molar-refractivity contribution < 1.29 is 19.2 Å². The van der Waals surface area contributed by atoms with Crippen LogP contribution in [0.4, 0.5) is 0 Å². The first-order valence-electron chi connectivity index (χ1n) is 13.8. The van der Waals surface area contributed by atoms with Crippen molar-refractivity contribution in [3.8, 4) is 12.1 Å². The molecule has 1 unspecified atom stereocenters. The summed E-state index contributed by atoms with van der Waals surface area (Å²) in [6.07, 6.45) is 19.9. The number of hydrogen-bond donors (Lipinski definition) is 1. The highest BCUT2D eigenvalue weighted by Crippen LogP contribution is 2.49. The quantitative estimate of drug-likeness (QED) is 0.0765. The van der Waals surface area contributed by atoms with Gasteiger partial charge in [0.2, 0.25) is 0 Å². The van der Waals surface area contributed by atoms with E-state index in [1.54, 1.807) is 0 Å². The van der Waals surface area contributed by atoms with Crippen molar-refractivity contribution in [2.24, 2.45) is 0 Å². The predicted molar refractivity (Wildman–Crippen MR) is 151 cm³/mol. The number of rotatable bonds is 24. The molecule has 0 aromatic heterocycles. The van der Waals surface area contributed by atoms with E-state index in [1.807, 2.05) is 12.1 Å². The molecular formula is C28H49N2O4PS. The van der Waals surface area contributed by atoms with E-state index in [9.17, 15) is 9.90 Å². The number of methoxy groups -OCH3 is 1. The monoisotopic (exact) mass is 540 g/mol. The second kappa shape index (κ2) is 22.9. The molecular weight excluding hydrogens is 491 g/mol. The smallest absolute Gasteiger partial charge is 0.344 e. The molecule has 8 heteroatoms. The highest BCUT2D eigenvalue weighted by atomic mass is 32.4. The van der Waals surface area contributed by atoms with Crippen LogP contribution in [0.1, 0.15) is 116 Å². The number of nitriles is 2. The van der Waals surface area contributed by atoms with Gasteiger partial charge < -0.3 is 14.4 Å². The molecule has 206 valence electrons. The summed E-state index contributed by atoms with van der Waals surface area (Å²) in [6, 6.07) is 4.06. The standard InChI is InChI=1S/C28H49N2O4PS/c1-3-4-5-6-7-8-9-10-11-12-13-14-15-16-17-18-21-28(26-31,33-2)27(32)34-35(36,24-19-22-29)25-20-23-30/h10-11,31H,3-9,12-21,24-26H2,1-2H3/b11-10-. The second-order valence-electron chi connectivity index (χ2n) is 9.50. The van der Waals surface area contributed by atoms with Gasteiger partial charge in [0.05, 0.1) is 18.7 Å². The van der Waals surface area contributed by atoms with Gasteiger partial charge in [-0.2, -0.15) is 10.5 Å². The Morgan fingerprint density at radius 3 is 1.81 bits per heavy atom. The number of carbonyl (C=O) groups is 1. The van der Waals surface area contributed by atoms with Crippen molar-refractivity contribution in [2.45, 2.75) is 122 Å². The van der Waals surface area contributed by atoms with Gasteiger partial charge in [-0.05, 0) is 38.5 Å². The Kier molecular flexibility index (Phi) is 22.1. The van der Waals surface area contributed by atoms with Crippen LogP contribution in [0.2, 0.25) is 0 Å². The number of ether oxygens (including phenoxy) is 1. The maximum atomic E-state index is 12.9. The Hall–Kier alpha value is -1.24. The average Bonchev–Trinajstić information content (AvgIpc) is 2.88. The SMILES string of the molecule is CCCCCCCC/C=C\CCCCCCCCC(CO)(OC)C(=O)OP(=S)(CCC#N)CCC#N. The third kappa shape index (κ3) is 16.5. The zero-order valence-corrected chi connectivity index (χ0v) is 24.4. The Morgan fingerprint density at radius 2 is 1.36 bits per heavy atom. The number of hydrogen-bond acceptors (Lipinski definition) is 7. The summed E-state index contributed by atoms with van der Waals surface area (Å²) in [4.78, 5) is 12.9. The van der Waals surface area contributed by atoms with Crippen LogP contribution in [0.15, 0.2) is 12.2 Å². The molecule has 1 atom stereocenters. The van der Waals surface area contributed by atoms with E-state index < -0.39 is 24.4 Å². The minimum atomic E-state index is -2.67. The molecule has 0 aromatic carbocycles. The Labute approximate surface area is 225 Å². The summed E-state index contributed by atoms with van der Waals surface area (Å²) in [5, 5.41) is 27.8. The molecule has 1 N–H and O–H groups in total. The molecule has 0 bridgehead atoms. The highest BCUT2D eigenvalue weighted by Gasteiger charge is 2.41. The normalized spacial score (nSPS) is 13.2. The molecule has 0 aliphatic carbocycles. The molecule has 0 radical (unpaired) electrons. The maximum absolute atomic E-state index is 12.9. The first-order valence-corrected chi connectivity index (χ1v) is 16.9. The number of aliphatic hydroxyl groups is 1. The summed E-state index contributed by atoms with van der Waals surface area (Å²) in [7, 11) is 1.39. The van der Waals surface area contributed by atoms with Gasteiger partial charge in [0, 0.05) is 32.3 Å². The molecule has 0 aromatic rings. The fourth-order valence-corrected chi connectivity index (χ4v) is 6.54. The third-order valence-electron chi connectivity index (χ3n) is 6.49. The first-order chi connectivity index (χ1) is 17.4. The molecule has 0 spiro atoms. The van der Waals surface area contributed by atoms with E-state index in [1.165, 1.54) is 64.9 Å². The highest BCUT2D eigenvalue weighted by molar-refractivity contribution is 8.12. The van der Waals surface area contributed by atoms with E-state index in [4.69, 9.17) is 31.6 Å². The van der Waals surface area contributed by atoms with Crippen LogP contribution in [-0.2, 0) is 25.9 Å². The van der Waals surface area contributed by atoms with Gasteiger partial charge in [-0.25, -0.2) is 4.79 Å². The fourth-order valence-electron chi connectivity index (χ4n) is 4.03. The van der Waals surface area contributed by atoms with Crippen LogP contribution in [0, 0.1) is 22.7 Å². The predicted octanol–water partition coefficient (Wildman–Crippen LogP) is 7.56. The van der Waals surface area contributed by atoms with Crippen LogP contribution < -0.4 is 0 Å². The first kappa shape index (κ1) is 34.8. The van der Waals surface area contributed by atoms with Crippen molar-refractivity contribution in [3.63, 3.8) is 0 Å². The lowest BCUT2D eigenvalue weighted by Gasteiger charge is -2.31. The lowest BCUT2D eigenvalue weighted by atomic mass is 9.96. The summed E-state index contributed by atoms with van der Waals surface area (Å²) >= 11 is 5.55. The maximum Gasteiger partial charge on any atom is 0.344 e. The molecule has 0 saturated carbocycles. The number of aliphatic hydroxyl groups excluding tert-OH is 1. The number of unbranched alkanes of at least 4 members (excludes halogenated alkanes) is 12. The van der Waals surface area contributed by atoms with Gasteiger partial charge in [0.25, 0.3) is 0 Å². The molecule has 0 saturated heterocycles. The van der Waals surface area contributed by atoms with E-state index in [0.29, 0.717) is 6.42 Å². The topological polar surface area (TPSA) is 103 Å². The third-order valence-corrected chi connectivity index (χ3v) is 10.1. The minimum Gasteiger partial charge on any atom is -0.435 e. The van der Waals surface area contributed by atoms with Gasteiger partial charge in [-0.15, -0.1) is 0 Å². The fraction of sp³-hybridized carbons (Fsp3) is 0.821. The summed E-state index contributed by atoms with van der Waals surface area (Å²) < 4.78 is 11.1. The summed E-state index contributed by atoms with van der Waals surface area (Å²) in [5.41, 5.74) is -1.44. The van der Waals surface area contributed by atoms with Crippen molar-refractivity contribution in [1.29, 1.82) is 10.5 Å². The Balaban J connectivity index is 4.22. The van der Waals surface area contributed by atoms with Crippen LogP contribution in [-0.4, -0.2) is 42.7 Å². The van der Waals surface area contributed by atoms with E-state index >= 15 is 0 Å². The Morgan fingerprint density at radius 1 is 0.889 bits per heavy atom. The number of nitrogens with zero attached hydrogens (tertiary/aromatic N) is 2. The number of carbonyl (C=O) groups excluding carboxylic acids is 1. The van der Waals surface area contributed by atoms with Crippen LogP contribution in [0.5, 0.6) is 0 Å². The number of allylic oxidation sites excluding steroid dienone is 2. The van der Waals surface area contributed by atoms with Crippen LogP contribution in [0.3, 0.4) is 0 Å². The molecule has 0 rings (SSSR count). The van der Waals surface area contributed by atoms with Gasteiger partial charge in [-0.1, -0.05) is 88.7 Å². The molecule has 0 amide bonds. The van der Waals surface area contributed by atoms with Crippen molar-refractivity contribution in [2.75, 3.05) is 26.0 Å². The van der Waals surface area contributed by atoms with Crippen LogP contribution >= 0.6 is 6.26 Å². The average molecular weight is 541 g/mol. The second-order valence-corrected chi connectivity index (χ2v) is 14.2. The van der Waals surface area contributed by atoms with Crippen molar-refractivity contribution in [1.82, 2.24) is 0 Å². The summed E-state index contributed by atoms with van der Waals surface area (Å²) in [5.74, 6) is -0.667. The summed E-state index contributed by atoms with van der Waals surface area (Å²) in [6.45, 7) is 1.76. The molecule has 0 aliphatic heterocycles. The largest absolute Gasteiger partial charge is 0.435 e. The van der Waals surface area contributed by atoms with E-state index in [-0.39, 0.29) is 25.2 Å². The minimum absolute atomic E-state index is 0.171. The molecule has 0 heterocycles. The van der Waals surface area contributed by atoms with E-state index in [2.05, 4.69) is 19.1 Å². The lowest BCUT2D eigenvalue weighted by molar-refractivity contribution is -0.164. The molecule has 0 fully saturated rings. The van der Waals surface area contributed by atoms with E-state index in [0.717, 1.165) is 32.1 Å². The zero-order chi connectivity index (χ0) is 27.0. The van der Waals surface area contributed by atoms with Gasteiger partial charge >= 0.3 is 5.97 Å². The Bertz CT molecular complexity index is 704. The van der Waals surface area contributed by atoms with Crippen LogP contribution in [0.25, 0.3) is 0 Å². The van der Waals surface area contributed by atoms with Gasteiger partial charge in [0.1, 0.15) is 6.26 Å². The van der Waals surface area contributed by atoms with Gasteiger partial charge in [-0.3, -0.25) is 0 Å². The zero-order valence-electron chi connectivity index (χ0n) is 22.7. The lowest BCUT2D eigenvalue weighted by Crippen LogP contribution is -2.45. The van der Waals surface area contributed by atoms with Gasteiger partial charge in [0.15, 0.2) is 5.60 Å². The molecule has 6 nitrogen and oxygen atoms in total. The van der Waals surface area contributed by atoms with Crippen molar-refractivity contribution >= 4 is 24.0 Å². The van der Waals surface area contributed by atoms with Crippen molar-refractivity contribution in [3.05, 3.63) is 12.2 Å².